The molecular weight excluding hydrogens is 330 g/mol. The van der Waals surface area contributed by atoms with Gasteiger partial charge in [0, 0.05) is 4.47 Å². The molecule has 0 fully saturated rings. The zero-order chi connectivity index (χ0) is 15.7. The predicted octanol–water partition coefficient (Wildman–Crippen LogP) is 3.44. The molecule has 4 heteroatoms. The molecule has 0 unspecified atom stereocenters. The number of hydrogen-bond donors (Lipinski definition) is 0. The first-order valence-corrected chi connectivity index (χ1v) is 7.97. The summed E-state index contributed by atoms with van der Waals surface area (Å²) < 4.78 is 6.19. The average Bonchev–Trinajstić information content (AvgIpc) is 2.50. The number of benzene rings is 1. The van der Waals surface area contributed by atoms with Gasteiger partial charge in [-0.1, -0.05) is 53.8 Å². The third-order valence-corrected chi connectivity index (χ3v) is 3.86. The molecule has 0 radical (unpaired) electrons. The summed E-state index contributed by atoms with van der Waals surface area (Å²) in [7, 11) is 0. The fourth-order valence-corrected chi connectivity index (χ4v) is 2.05. The van der Waals surface area contributed by atoms with Gasteiger partial charge in [-0.15, -0.1) is 0 Å². The summed E-state index contributed by atoms with van der Waals surface area (Å²) in [6, 6.07) is 7.68. The van der Waals surface area contributed by atoms with Crippen LogP contribution in [0.1, 0.15) is 32.3 Å². The van der Waals surface area contributed by atoms with Gasteiger partial charge in [0.2, 0.25) is 0 Å². The molecule has 0 N–H and O–H groups in total. The van der Waals surface area contributed by atoms with Crippen molar-refractivity contribution < 1.29 is 9.53 Å². The summed E-state index contributed by atoms with van der Waals surface area (Å²) >= 11 is 3.38. The first-order chi connectivity index (χ1) is 10.1. The van der Waals surface area contributed by atoms with Crippen molar-refractivity contribution in [3.63, 3.8) is 0 Å². The van der Waals surface area contributed by atoms with Gasteiger partial charge in [-0.25, -0.2) is 0 Å². The van der Waals surface area contributed by atoms with E-state index in [9.17, 15) is 4.79 Å². The van der Waals surface area contributed by atoms with Crippen LogP contribution >= 0.6 is 15.9 Å². The van der Waals surface area contributed by atoms with Gasteiger partial charge < -0.3 is 4.74 Å². The second-order valence-electron chi connectivity index (χ2n) is 4.70. The normalized spacial score (nSPS) is 11.7. The Morgan fingerprint density at radius 2 is 1.86 bits per heavy atom. The Morgan fingerprint density at radius 1 is 1.24 bits per heavy atom. The largest absolute Gasteiger partial charge is 0.452 e. The molecule has 21 heavy (non-hydrogen) atoms. The molecule has 0 aliphatic rings. The molecule has 0 aromatic heterocycles. The van der Waals surface area contributed by atoms with Crippen molar-refractivity contribution in [1.29, 1.82) is 0 Å². The summed E-state index contributed by atoms with van der Waals surface area (Å²) in [4.78, 5) is 14.1. The lowest BCUT2D eigenvalue weighted by atomic mass is 10.0. The van der Waals surface area contributed by atoms with Crippen LogP contribution < -0.4 is 0 Å². The maximum absolute atomic E-state index is 11.9. The molecule has 1 aromatic carbocycles. The summed E-state index contributed by atoms with van der Waals surface area (Å²) in [5.41, 5.74) is 0.944. The minimum Gasteiger partial charge on any atom is -0.452 e. The van der Waals surface area contributed by atoms with Gasteiger partial charge in [0.05, 0.1) is 12.5 Å². The van der Waals surface area contributed by atoms with Gasteiger partial charge in [-0.3, -0.25) is 9.69 Å². The van der Waals surface area contributed by atoms with Crippen LogP contribution in [-0.4, -0.2) is 37.1 Å². The van der Waals surface area contributed by atoms with Crippen molar-refractivity contribution in [2.45, 2.75) is 26.7 Å². The molecule has 0 amide bonds. The lowest BCUT2D eigenvalue weighted by molar-refractivity contribution is -0.143. The molecule has 114 valence electrons. The number of hydrogen-bond acceptors (Lipinski definition) is 3. The van der Waals surface area contributed by atoms with E-state index in [4.69, 9.17) is 4.74 Å². The monoisotopic (exact) mass is 351 g/mol. The van der Waals surface area contributed by atoms with Gasteiger partial charge in [0.25, 0.3) is 0 Å². The van der Waals surface area contributed by atoms with Crippen molar-refractivity contribution in [3.8, 4) is 11.8 Å². The molecule has 0 bridgehead atoms. The number of carbonyl (C=O) groups is 1. The maximum atomic E-state index is 11.9. The molecule has 0 aliphatic heterocycles. The number of rotatable bonds is 6. The summed E-state index contributed by atoms with van der Waals surface area (Å²) in [6.07, 6.45) is 0. The highest BCUT2D eigenvalue weighted by atomic mass is 79.9. The summed E-state index contributed by atoms with van der Waals surface area (Å²) in [5.74, 6) is 5.39. The molecule has 1 aromatic rings. The Hall–Kier alpha value is -1.31. The Kier molecular flexibility index (Phi) is 8.11. The highest BCUT2D eigenvalue weighted by Gasteiger charge is 2.15. The highest BCUT2D eigenvalue weighted by Crippen LogP contribution is 2.19. The first kappa shape index (κ1) is 17.7. The van der Waals surface area contributed by atoms with Gasteiger partial charge in [-0.05, 0) is 37.7 Å². The maximum Gasteiger partial charge on any atom is 0.314 e. The Balaban J connectivity index is 2.40. The molecule has 0 aliphatic carbocycles. The molecular formula is C17H22BrNO2. The van der Waals surface area contributed by atoms with E-state index < -0.39 is 0 Å². The van der Waals surface area contributed by atoms with Crippen LogP contribution in [-0.2, 0) is 9.53 Å². The smallest absolute Gasteiger partial charge is 0.314 e. The average molecular weight is 352 g/mol. The molecule has 0 heterocycles. The lowest BCUT2D eigenvalue weighted by Crippen LogP contribution is -2.23. The first-order valence-electron chi connectivity index (χ1n) is 7.18. The second-order valence-corrected chi connectivity index (χ2v) is 5.61. The zero-order valence-electron chi connectivity index (χ0n) is 12.9. The fourth-order valence-electron chi connectivity index (χ4n) is 1.79. The third-order valence-electron chi connectivity index (χ3n) is 3.33. The van der Waals surface area contributed by atoms with E-state index in [-0.39, 0.29) is 18.5 Å². The molecule has 3 nitrogen and oxygen atoms in total. The Morgan fingerprint density at radius 3 is 2.43 bits per heavy atom. The lowest BCUT2D eigenvalue weighted by Gasteiger charge is -2.13. The van der Waals surface area contributed by atoms with Gasteiger partial charge in [0.15, 0.2) is 6.61 Å². The number of esters is 1. The van der Waals surface area contributed by atoms with E-state index in [0.717, 1.165) is 23.1 Å². The van der Waals surface area contributed by atoms with Crippen LogP contribution in [0.15, 0.2) is 28.7 Å². The number of ether oxygens (including phenoxy) is 1. The molecule has 1 atom stereocenters. The molecule has 0 saturated carbocycles. The number of carbonyl (C=O) groups excluding carboxylic acids is 1. The zero-order valence-corrected chi connectivity index (χ0v) is 14.4. The van der Waals surface area contributed by atoms with E-state index in [0.29, 0.717) is 6.54 Å². The quantitative estimate of drug-likeness (QED) is 0.580. The van der Waals surface area contributed by atoms with E-state index in [1.54, 1.807) is 0 Å². The van der Waals surface area contributed by atoms with Crippen molar-refractivity contribution in [2.75, 3.05) is 26.2 Å². The van der Waals surface area contributed by atoms with E-state index in [2.05, 4.69) is 46.5 Å². The highest BCUT2D eigenvalue weighted by molar-refractivity contribution is 9.10. The second kappa shape index (κ2) is 9.59. The van der Waals surface area contributed by atoms with E-state index in [1.807, 2.05) is 31.2 Å². The van der Waals surface area contributed by atoms with E-state index in [1.165, 1.54) is 0 Å². The SMILES string of the molecule is CCN(CC)CC#CCOC(=O)[C@@H](C)c1ccc(Br)cc1. The topological polar surface area (TPSA) is 29.5 Å². The van der Waals surface area contributed by atoms with Crippen molar-refractivity contribution in [1.82, 2.24) is 4.90 Å². The van der Waals surface area contributed by atoms with Gasteiger partial charge in [-0.2, -0.15) is 0 Å². The minimum atomic E-state index is -0.275. The fraction of sp³-hybridized carbons (Fsp3) is 0.471. The van der Waals surface area contributed by atoms with Gasteiger partial charge in [0.1, 0.15) is 0 Å². The minimum absolute atomic E-state index is 0.154. The van der Waals surface area contributed by atoms with Crippen molar-refractivity contribution in [2.24, 2.45) is 0 Å². The van der Waals surface area contributed by atoms with Crippen molar-refractivity contribution in [3.05, 3.63) is 34.3 Å². The number of nitrogens with zero attached hydrogens (tertiary/aromatic N) is 1. The number of halogens is 1. The molecule has 1 rings (SSSR count). The Bertz CT molecular complexity index is 498. The third kappa shape index (κ3) is 6.33. The van der Waals surface area contributed by atoms with Crippen LogP contribution in [0.5, 0.6) is 0 Å². The van der Waals surface area contributed by atoms with Crippen LogP contribution in [0.2, 0.25) is 0 Å². The summed E-state index contributed by atoms with van der Waals surface area (Å²) in [5, 5.41) is 0. The predicted molar refractivity (Wildman–Crippen MR) is 89.1 cm³/mol. The molecule has 0 saturated heterocycles. The standard InChI is InChI=1S/C17H22BrNO2/c1-4-19(5-2)12-6-7-13-21-17(20)14(3)15-8-10-16(18)11-9-15/h8-11,14H,4-5,12-13H2,1-3H3/t14-/m0/s1. The Labute approximate surface area is 135 Å². The molecule has 0 spiro atoms. The summed E-state index contributed by atoms with van der Waals surface area (Å²) in [6.45, 7) is 8.87. The van der Waals surface area contributed by atoms with Gasteiger partial charge >= 0.3 is 5.97 Å². The van der Waals surface area contributed by atoms with E-state index >= 15 is 0 Å². The van der Waals surface area contributed by atoms with Crippen LogP contribution in [0, 0.1) is 11.8 Å². The van der Waals surface area contributed by atoms with Crippen LogP contribution in [0.25, 0.3) is 0 Å². The van der Waals surface area contributed by atoms with Crippen LogP contribution in [0.4, 0.5) is 0 Å². The van der Waals surface area contributed by atoms with Crippen LogP contribution in [0.3, 0.4) is 0 Å². The van der Waals surface area contributed by atoms with Crippen molar-refractivity contribution >= 4 is 21.9 Å².